The van der Waals surface area contributed by atoms with E-state index in [0.717, 1.165) is 16.7 Å². The topological polar surface area (TPSA) is 65.5 Å². The van der Waals surface area contributed by atoms with Crippen molar-refractivity contribution in [1.82, 2.24) is 20.1 Å². The van der Waals surface area contributed by atoms with Gasteiger partial charge in [0.2, 0.25) is 0 Å². The molecule has 3 rings (SSSR count). The first-order valence-corrected chi connectivity index (χ1v) is 8.78. The Balaban J connectivity index is 1.74. The Morgan fingerprint density at radius 3 is 2.77 bits per heavy atom. The van der Waals surface area contributed by atoms with Gasteiger partial charge in [-0.05, 0) is 29.2 Å². The quantitative estimate of drug-likeness (QED) is 0.900. The third-order valence-electron chi connectivity index (χ3n) is 4.43. The lowest BCUT2D eigenvalue weighted by Crippen LogP contribution is -2.42. The van der Waals surface area contributed by atoms with Gasteiger partial charge in [-0.1, -0.05) is 29.8 Å². The minimum atomic E-state index is -0.179. The number of amides is 3. The molecule has 7 heteroatoms. The van der Waals surface area contributed by atoms with Gasteiger partial charge in [-0.25, -0.2) is 4.79 Å². The molecule has 2 aromatic rings. The average Bonchev–Trinajstić information content (AvgIpc) is 2.65. The van der Waals surface area contributed by atoms with Crippen LogP contribution in [0.25, 0.3) is 0 Å². The fourth-order valence-electron chi connectivity index (χ4n) is 3.05. The normalized spacial score (nSPS) is 13.1. The van der Waals surface area contributed by atoms with Crippen LogP contribution in [0.1, 0.15) is 27.0 Å². The molecule has 136 valence electrons. The highest BCUT2D eigenvalue weighted by Gasteiger charge is 2.25. The van der Waals surface area contributed by atoms with E-state index in [9.17, 15) is 9.59 Å². The minimum absolute atomic E-state index is 0.0378. The molecule has 0 saturated heterocycles. The number of fused-ring (bicyclic) bond motifs is 1. The highest BCUT2D eigenvalue weighted by Crippen LogP contribution is 2.22. The molecule has 1 aliphatic heterocycles. The summed E-state index contributed by atoms with van der Waals surface area (Å²) >= 11 is 6.14. The molecule has 0 unspecified atom stereocenters. The second-order valence-electron chi connectivity index (χ2n) is 6.45. The molecule has 1 N–H and O–H groups in total. The maximum Gasteiger partial charge on any atom is 0.319 e. The summed E-state index contributed by atoms with van der Waals surface area (Å²) < 4.78 is 0. The second kappa shape index (κ2) is 7.74. The number of halogens is 1. The van der Waals surface area contributed by atoms with E-state index in [1.807, 2.05) is 18.2 Å². The van der Waals surface area contributed by atoms with Crippen molar-refractivity contribution in [3.05, 3.63) is 63.9 Å². The van der Waals surface area contributed by atoms with Crippen molar-refractivity contribution < 1.29 is 9.59 Å². The average molecular weight is 373 g/mol. The molecule has 0 bridgehead atoms. The van der Waals surface area contributed by atoms with Crippen molar-refractivity contribution in [3.8, 4) is 0 Å². The van der Waals surface area contributed by atoms with Crippen LogP contribution >= 0.6 is 11.6 Å². The Hall–Kier alpha value is -2.60. The standard InChI is InChI=1S/C19H21ClN4O2/c1-23(2)19(26)24-8-7-15-14(12-24)9-21-11-16(15)18(25)22-10-13-5-3-4-6-17(13)20/h3-6,9,11H,7-8,10,12H2,1-2H3,(H,22,25). The molecular formula is C19H21ClN4O2. The summed E-state index contributed by atoms with van der Waals surface area (Å²) in [7, 11) is 3.46. The van der Waals surface area contributed by atoms with Crippen molar-refractivity contribution >= 4 is 23.5 Å². The number of urea groups is 1. The fraction of sp³-hybridized carbons (Fsp3) is 0.316. The van der Waals surface area contributed by atoms with E-state index in [0.29, 0.717) is 36.6 Å². The third-order valence-corrected chi connectivity index (χ3v) is 4.80. The van der Waals surface area contributed by atoms with Crippen LogP contribution in [0.2, 0.25) is 5.02 Å². The van der Waals surface area contributed by atoms with Gasteiger partial charge >= 0.3 is 6.03 Å². The molecule has 0 spiro atoms. The van der Waals surface area contributed by atoms with Crippen molar-refractivity contribution in [1.29, 1.82) is 0 Å². The molecule has 0 saturated carbocycles. The number of carbonyl (C=O) groups is 2. The van der Waals surface area contributed by atoms with Crippen molar-refractivity contribution in [2.24, 2.45) is 0 Å². The van der Waals surface area contributed by atoms with Gasteiger partial charge in [-0.2, -0.15) is 0 Å². The minimum Gasteiger partial charge on any atom is -0.348 e. The molecule has 0 atom stereocenters. The third kappa shape index (κ3) is 3.80. The number of aromatic nitrogens is 1. The Bertz CT molecular complexity index is 838. The maximum atomic E-state index is 12.6. The zero-order chi connectivity index (χ0) is 18.7. The number of rotatable bonds is 3. The van der Waals surface area contributed by atoms with Gasteiger partial charge in [-0.15, -0.1) is 0 Å². The molecule has 2 heterocycles. The summed E-state index contributed by atoms with van der Waals surface area (Å²) in [4.78, 5) is 32.3. The van der Waals surface area contributed by atoms with Gasteiger partial charge in [0, 0.05) is 51.1 Å². The predicted molar refractivity (Wildman–Crippen MR) is 100 cm³/mol. The van der Waals surface area contributed by atoms with Crippen LogP contribution in [0.3, 0.4) is 0 Å². The first-order valence-electron chi connectivity index (χ1n) is 8.41. The largest absolute Gasteiger partial charge is 0.348 e. The predicted octanol–water partition coefficient (Wildman–Crippen LogP) is 2.70. The summed E-state index contributed by atoms with van der Waals surface area (Å²) in [5.74, 6) is -0.179. The SMILES string of the molecule is CN(C)C(=O)N1CCc2c(cncc2C(=O)NCc2ccccc2Cl)C1. The van der Waals surface area contributed by atoms with E-state index in [1.165, 1.54) is 0 Å². The highest BCUT2D eigenvalue weighted by atomic mass is 35.5. The van der Waals surface area contributed by atoms with Gasteiger partial charge in [0.1, 0.15) is 0 Å². The number of hydrogen-bond donors (Lipinski definition) is 1. The molecule has 1 aromatic heterocycles. The van der Waals surface area contributed by atoms with Gasteiger partial charge < -0.3 is 15.1 Å². The van der Waals surface area contributed by atoms with E-state index in [-0.39, 0.29) is 11.9 Å². The second-order valence-corrected chi connectivity index (χ2v) is 6.85. The number of benzene rings is 1. The summed E-state index contributed by atoms with van der Waals surface area (Å²) in [5, 5.41) is 3.53. The van der Waals surface area contributed by atoms with E-state index in [4.69, 9.17) is 11.6 Å². The smallest absolute Gasteiger partial charge is 0.319 e. The van der Waals surface area contributed by atoms with Crippen molar-refractivity contribution in [2.75, 3.05) is 20.6 Å². The molecule has 0 fully saturated rings. The molecule has 1 aromatic carbocycles. The zero-order valence-electron chi connectivity index (χ0n) is 14.8. The van der Waals surface area contributed by atoms with Gasteiger partial charge in [0.25, 0.3) is 5.91 Å². The van der Waals surface area contributed by atoms with Gasteiger partial charge in [-0.3, -0.25) is 9.78 Å². The molecule has 26 heavy (non-hydrogen) atoms. The Labute approximate surface area is 157 Å². The summed E-state index contributed by atoms with van der Waals surface area (Å²) in [6, 6.07) is 7.38. The van der Waals surface area contributed by atoms with Crippen LogP contribution in [0, 0.1) is 0 Å². The van der Waals surface area contributed by atoms with E-state index in [1.54, 1.807) is 42.4 Å². The number of pyridine rings is 1. The maximum absolute atomic E-state index is 12.6. The number of nitrogens with zero attached hydrogens (tertiary/aromatic N) is 3. The first kappa shape index (κ1) is 18.2. The Morgan fingerprint density at radius 1 is 1.27 bits per heavy atom. The summed E-state index contributed by atoms with van der Waals surface area (Å²) in [5.41, 5.74) is 3.30. The lowest BCUT2D eigenvalue weighted by molar-refractivity contribution is 0.0949. The van der Waals surface area contributed by atoms with Crippen molar-refractivity contribution in [3.63, 3.8) is 0 Å². The molecule has 6 nitrogen and oxygen atoms in total. The van der Waals surface area contributed by atoms with Crippen LogP contribution in [0.4, 0.5) is 4.79 Å². The number of hydrogen-bond acceptors (Lipinski definition) is 3. The lowest BCUT2D eigenvalue weighted by atomic mass is 9.97. The van der Waals surface area contributed by atoms with Gasteiger partial charge in [0.05, 0.1) is 5.56 Å². The molecular weight excluding hydrogens is 352 g/mol. The van der Waals surface area contributed by atoms with Crippen LogP contribution in [-0.4, -0.2) is 47.4 Å². The lowest BCUT2D eigenvalue weighted by Gasteiger charge is -2.31. The summed E-state index contributed by atoms with van der Waals surface area (Å²) in [6.07, 6.45) is 3.95. The van der Waals surface area contributed by atoms with Gasteiger partial charge in [0.15, 0.2) is 0 Å². The molecule has 0 aliphatic carbocycles. The summed E-state index contributed by atoms with van der Waals surface area (Å²) in [6.45, 7) is 1.40. The van der Waals surface area contributed by atoms with Crippen molar-refractivity contribution in [2.45, 2.75) is 19.5 Å². The molecule has 0 radical (unpaired) electrons. The first-order chi connectivity index (χ1) is 12.5. The van der Waals surface area contributed by atoms with E-state index < -0.39 is 0 Å². The molecule has 3 amide bonds. The number of carbonyl (C=O) groups excluding carboxylic acids is 2. The van der Waals surface area contributed by atoms with Crippen LogP contribution in [0.5, 0.6) is 0 Å². The van der Waals surface area contributed by atoms with E-state index in [2.05, 4.69) is 10.3 Å². The van der Waals surface area contributed by atoms with Crippen LogP contribution < -0.4 is 5.32 Å². The van der Waals surface area contributed by atoms with E-state index >= 15 is 0 Å². The number of nitrogens with one attached hydrogen (secondary N) is 1. The monoisotopic (exact) mass is 372 g/mol. The Morgan fingerprint density at radius 2 is 2.04 bits per heavy atom. The Kier molecular flexibility index (Phi) is 5.42. The molecule has 1 aliphatic rings. The fourth-order valence-corrected chi connectivity index (χ4v) is 3.25. The highest BCUT2D eigenvalue weighted by molar-refractivity contribution is 6.31. The van der Waals surface area contributed by atoms with Crippen LogP contribution in [0.15, 0.2) is 36.7 Å². The zero-order valence-corrected chi connectivity index (χ0v) is 15.6. The van der Waals surface area contributed by atoms with Crippen LogP contribution in [-0.2, 0) is 19.5 Å².